The number of halogens is 1. The Labute approximate surface area is 197 Å². The zero-order chi connectivity index (χ0) is 21.9. The summed E-state index contributed by atoms with van der Waals surface area (Å²) in [5.41, 5.74) is 18.8. The molecule has 4 N–H and O–H groups in total. The lowest BCUT2D eigenvalue weighted by Crippen LogP contribution is -2.09. The minimum atomic E-state index is 0. The van der Waals surface area contributed by atoms with Crippen molar-refractivity contribution < 1.29 is 4.74 Å². The van der Waals surface area contributed by atoms with Gasteiger partial charge >= 0.3 is 0 Å². The monoisotopic (exact) mass is 461 g/mol. The molecule has 0 saturated heterocycles. The summed E-state index contributed by atoms with van der Waals surface area (Å²) in [6.45, 7) is 1.23. The quantitative estimate of drug-likeness (QED) is 0.309. The van der Waals surface area contributed by atoms with Crippen LogP contribution in [0.3, 0.4) is 0 Å². The molecule has 0 aliphatic heterocycles. The van der Waals surface area contributed by atoms with E-state index in [1.54, 1.807) is 13.3 Å². The highest BCUT2D eigenvalue weighted by atomic mass is 35.5. The Bertz CT molecular complexity index is 1370. The minimum Gasteiger partial charge on any atom is -0.481 e. The van der Waals surface area contributed by atoms with Crippen LogP contribution in [-0.2, 0) is 13.1 Å². The first-order chi connectivity index (χ1) is 15.7. The topological polar surface area (TPSA) is 103 Å². The van der Waals surface area contributed by atoms with E-state index in [2.05, 4.69) is 42.5 Å². The second-order valence-electron chi connectivity index (χ2n) is 7.44. The number of rotatable bonds is 7. The van der Waals surface area contributed by atoms with Crippen LogP contribution in [0.1, 0.15) is 11.1 Å². The number of aromatic nitrogens is 4. The fraction of sp³-hybridized carbons (Fsp3) is 0.125. The smallest absolute Gasteiger partial charge is 0.215 e. The van der Waals surface area contributed by atoms with E-state index in [9.17, 15) is 0 Å². The van der Waals surface area contributed by atoms with Gasteiger partial charge in [0.15, 0.2) is 5.65 Å². The predicted octanol–water partition coefficient (Wildman–Crippen LogP) is 4.36. The molecule has 5 aromatic rings. The van der Waals surface area contributed by atoms with Gasteiger partial charge in [0.05, 0.1) is 36.5 Å². The van der Waals surface area contributed by atoms with Crippen molar-refractivity contribution in [2.45, 2.75) is 13.1 Å². The van der Waals surface area contributed by atoms with Crippen LogP contribution in [0.5, 0.6) is 5.88 Å². The number of methoxy groups -OCH3 is 1. The van der Waals surface area contributed by atoms with Gasteiger partial charge in [-0.1, -0.05) is 24.3 Å². The van der Waals surface area contributed by atoms with Gasteiger partial charge in [-0.25, -0.2) is 9.97 Å². The number of nitrogens with one attached hydrogen (secondary N) is 2. The lowest BCUT2D eigenvalue weighted by Gasteiger charge is -2.11. The number of imidazole rings is 1. The van der Waals surface area contributed by atoms with Crippen molar-refractivity contribution in [1.29, 1.82) is 0 Å². The van der Waals surface area contributed by atoms with Crippen LogP contribution in [0.25, 0.3) is 22.1 Å². The first kappa shape index (κ1) is 22.3. The number of benzene rings is 2. The highest BCUT2D eigenvalue weighted by molar-refractivity contribution is 6.00. The third-order valence-electron chi connectivity index (χ3n) is 5.34. The van der Waals surface area contributed by atoms with Crippen molar-refractivity contribution in [2.24, 2.45) is 5.73 Å². The number of hydrazine groups is 1. The molecular weight excluding hydrogens is 438 g/mol. The van der Waals surface area contributed by atoms with Gasteiger partial charge in [-0.15, -0.1) is 12.4 Å². The van der Waals surface area contributed by atoms with Gasteiger partial charge in [0, 0.05) is 24.5 Å². The highest BCUT2D eigenvalue weighted by Crippen LogP contribution is 2.25. The first-order valence-corrected chi connectivity index (χ1v) is 10.3. The molecule has 0 bridgehead atoms. The number of nitrogens with zero attached hydrogens (tertiary/aromatic N) is 4. The molecule has 5 rings (SSSR count). The van der Waals surface area contributed by atoms with Gasteiger partial charge in [-0.3, -0.25) is 0 Å². The summed E-state index contributed by atoms with van der Waals surface area (Å²) < 4.78 is 7.34. The molecule has 0 spiro atoms. The summed E-state index contributed by atoms with van der Waals surface area (Å²) in [5, 5.41) is 0.948. The standard InChI is InChI=1S/C24H23N7O.ClH/c1-32-22-11-10-20-23-21(13-26-24(20)28-22)27-15-31(23)14-17-4-8-19(9-5-17)30-29-18-6-2-16(12-25)3-7-18;/h2-11,13,15,29-30H,12,14,25H2,1H3;1H. The predicted molar refractivity (Wildman–Crippen MR) is 134 cm³/mol. The Balaban J connectivity index is 0.00000259. The maximum atomic E-state index is 5.64. The number of fused-ring (bicyclic) bond motifs is 3. The summed E-state index contributed by atoms with van der Waals surface area (Å²) >= 11 is 0. The third-order valence-corrected chi connectivity index (χ3v) is 5.34. The molecule has 0 unspecified atom stereocenters. The average molecular weight is 462 g/mol. The molecule has 0 saturated carbocycles. The van der Waals surface area contributed by atoms with E-state index >= 15 is 0 Å². The molecule has 0 amide bonds. The molecule has 0 radical (unpaired) electrons. The van der Waals surface area contributed by atoms with Gasteiger partial charge in [0.1, 0.15) is 5.52 Å². The third kappa shape index (κ3) is 4.67. The van der Waals surface area contributed by atoms with Gasteiger partial charge in [-0.2, -0.15) is 4.98 Å². The van der Waals surface area contributed by atoms with E-state index in [0.29, 0.717) is 24.6 Å². The van der Waals surface area contributed by atoms with Crippen molar-refractivity contribution >= 4 is 45.8 Å². The zero-order valence-electron chi connectivity index (χ0n) is 18.0. The molecule has 168 valence electrons. The van der Waals surface area contributed by atoms with Crippen molar-refractivity contribution in [3.63, 3.8) is 0 Å². The van der Waals surface area contributed by atoms with Crippen LogP contribution in [0.15, 0.2) is 73.2 Å². The number of anilines is 2. The van der Waals surface area contributed by atoms with Crippen LogP contribution in [0.4, 0.5) is 11.4 Å². The molecule has 0 aliphatic rings. The maximum Gasteiger partial charge on any atom is 0.215 e. The Kier molecular flexibility index (Phi) is 6.58. The Morgan fingerprint density at radius 3 is 2.18 bits per heavy atom. The van der Waals surface area contributed by atoms with E-state index in [1.165, 1.54) is 0 Å². The lowest BCUT2D eigenvalue weighted by molar-refractivity contribution is 0.399. The van der Waals surface area contributed by atoms with Gasteiger partial charge in [0.2, 0.25) is 5.88 Å². The molecule has 3 heterocycles. The van der Waals surface area contributed by atoms with Crippen LogP contribution < -0.4 is 21.3 Å². The number of hydrogen-bond acceptors (Lipinski definition) is 7. The SMILES string of the molecule is COc1ccc2c(ncc3ncn(Cc4ccc(NNc5ccc(CN)cc5)cc4)c32)n1.Cl. The molecule has 3 aromatic heterocycles. The molecule has 9 heteroatoms. The van der Waals surface area contributed by atoms with Crippen molar-refractivity contribution in [2.75, 3.05) is 18.0 Å². The van der Waals surface area contributed by atoms with E-state index in [4.69, 9.17) is 10.5 Å². The number of hydrogen-bond donors (Lipinski definition) is 3. The summed E-state index contributed by atoms with van der Waals surface area (Å²) in [6, 6.07) is 20.1. The van der Waals surface area contributed by atoms with E-state index in [0.717, 1.165) is 38.9 Å². The van der Waals surface area contributed by atoms with Gasteiger partial charge < -0.3 is 25.9 Å². The summed E-state index contributed by atoms with van der Waals surface area (Å²) in [5.74, 6) is 0.544. The van der Waals surface area contributed by atoms with Crippen LogP contribution in [-0.4, -0.2) is 26.6 Å². The molecule has 8 nitrogen and oxygen atoms in total. The second kappa shape index (κ2) is 9.72. The van der Waals surface area contributed by atoms with Gasteiger partial charge in [-0.05, 0) is 41.5 Å². The Morgan fingerprint density at radius 1 is 0.879 bits per heavy atom. The molecule has 2 aromatic carbocycles. The molecule has 0 fully saturated rings. The Hall–Kier alpha value is -3.88. The fourth-order valence-corrected chi connectivity index (χ4v) is 3.61. The molecular formula is C24H24ClN7O. The molecule has 0 aliphatic carbocycles. The van der Waals surface area contributed by atoms with Crippen LogP contribution >= 0.6 is 12.4 Å². The Morgan fingerprint density at radius 2 is 1.55 bits per heavy atom. The fourth-order valence-electron chi connectivity index (χ4n) is 3.61. The average Bonchev–Trinajstić information content (AvgIpc) is 3.26. The summed E-state index contributed by atoms with van der Waals surface area (Å²) in [6.07, 6.45) is 3.59. The lowest BCUT2D eigenvalue weighted by atomic mass is 10.2. The van der Waals surface area contributed by atoms with Crippen LogP contribution in [0.2, 0.25) is 0 Å². The van der Waals surface area contributed by atoms with E-state index in [1.807, 2.05) is 54.9 Å². The second-order valence-corrected chi connectivity index (χ2v) is 7.44. The highest BCUT2D eigenvalue weighted by Gasteiger charge is 2.11. The van der Waals surface area contributed by atoms with E-state index in [-0.39, 0.29) is 12.4 Å². The number of pyridine rings is 2. The summed E-state index contributed by atoms with van der Waals surface area (Å²) in [4.78, 5) is 13.4. The van der Waals surface area contributed by atoms with Gasteiger partial charge in [0.25, 0.3) is 0 Å². The summed E-state index contributed by atoms with van der Waals surface area (Å²) in [7, 11) is 1.60. The minimum absolute atomic E-state index is 0. The van der Waals surface area contributed by atoms with Crippen molar-refractivity contribution in [3.8, 4) is 5.88 Å². The largest absolute Gasteiger partial charge is 0.481 e. The van der Waals surface area contributed by atoms with Crippen molar-refractivity contribution in [3.05, 3.63) is 84.3 Å². The maximum absolute atomic E-state index is 5.64. The first-order valence-electron chi connectivity index (χ1n) is 10.3. The zero-order valence-corrected chi connectivity index (χ0v) is 18.8. The normalized spacial score (nSPS) is 10.7. The number of nitrogens with two attached hydrogens (primary N) is 1. The molecule has 33 heavy (non-hydrogen) atoms. The molecule has 0 atom stereocenters. The van der Waals surface area contributed by atoms with Crippen molar-refractivity contribution in [1.82, 2.24) is 19.5 Å². The van der Waals surface area contributed by atoms with Crippen LogP contribution in [0, 0.1) is 0 Å². The van der Waals surface area contributed by atoms with E-state index < -0.39 is 0 Å². The number of ether oxygens (including phenoxy) is 1.